The largest absolute Gasteiger partial charge is 0.379 e. The van der Waals surface area contributed by atoms with Gasteiger partial charge in [-0.15, -0.1) is 11.6 Å². The van der Waals surface area contributed by atoms with E-state index in [0.717, 1.165) is 25.5 Å². The molecule has 0 saturated heterocycles. The molecule has 0 radical (unpaired) electrons. The number of hydrogen-bond acceptors (Lipinski definition) is 2. The van der Waals surface area contributed by atoms with Gasteiger partial charge in [0.1, 0.15) is 0 Å². The van der Waals surface area contributed by atoms with E-state index in [1.807, 2.05) is 4.57 Å². The van der Waals surface area contributed by atoms with Crippen LogP contribution in [0.2, 0.25) is 0 Å². The highest BCUT2D eigenvalue weighted by Crippen LogP contribution is 2.03. The van der Waals surface area contributed by atoms with E-state index in [-0.39, 0.29) is 0 Å². The lowest BCUT2D eigenvalue weighted by Gasteiger charge is -2.08. The van der Waals surface area contributed by atoms with Crippen LogP contribution in [0, 0.1) is 5.92 Å². The van der Waals surface area contributed by atoms with E-state index >= 15 is 0 Å². The second-order valence-electron chi connectivity index (χ2n) is 3.68. The number of hydrogen-bond donors (Lipinski definition) is 0. The van der Waals surface area contributed by atoms with Crippen LogP contribution >= 0.6 is 11.6 Å². The molecule has 0 fully saturated rings. The fourth-order valence-electron chi connectivity index (χ4n) is 1.14. The maximum atomic E-state index is 5.74. The van der Waals surface area contributed by atoms with Crippen LogP contribution < -0.4 is 0 Å². The van der Waals surface area contributed by atoms with E-state index in [1.54, 1.807) is 12.5 Å². The molecule has 80 valence electrons. The zero-order chi connectivity index (χ0) is 10.4. The molecule has 0 unspecified atom stereocenters. The van der Waals surface area contributed by atoms with Gasteiger partial charge in [0.15, 0.2) is 0 Å². The highest BCUT2D eigenvalue weighted by atomic mass is 35.5. The van der Waals surface area contributed by atoms with Crippen molar-refractivity contribution in [3.05, 3.63) is 18.2 Å². The Hall–Kier alpha value is -0.540. The molecule has 1 aromatic rings. The second-order valence-corrected chi connectivity index (χ2v) is 3.95. The summed E-state index contributed by atoms with van der Waals surface area (Å²) < 4.78 is 7.50. The minimum Gasteiger partial charge on any atom is -0.379 e. The quantitative estimate of drug-likeness (QED) is 0.539. The van der Waals surface area contributed by atoms with E-state index in [9.17, 15) is 0 Å². The molecule has 3 nitrogen and oxygen atoms in total. The molecule has 1 rings (SSSR count). The zero-order valence-electron chi connectivity index (χ0n) is 8.74. The average molecular weight is 217 g/mol. The lowest BCUT2D eigenvalue weighted by Crippen LogP contribution is -2.10. The summed E-state index contributed by atoms with van der Waals surface area (Å²) in [6, 6.07) is 0. The van der Waals surface area contributed by atoms with Crippen molar-refractivity contribution in [2.45, 2.75) is 26.3 Å². The first-order valence-electron chi connectivity index (χ1n) is 4.86. The number of ether oxygens (including phenoxy) is 1. The molecule has 0 aromatic carbocycles. The molecule has 14 heavy (non-hydrogen) atoms. The van der Waals surface area contributed by atoms with Crippen molar-refractivity contribution in [3.63, 3.8) is 0 Å². The van der Waals surface area contributed by atoms with Crippen LogP contribution in [0.3, 0.4) is 0 Å². The van der Waals surface area contributed by atoms with E-state index in [1.165, 1.54) is 0 Å². The third-order valence-electron chi connectivity index (χ3n) is 1.86. The van der Waals surface area contributed by atoms with Crippen LogP contribution in [0.1, 0.15) is 19.5 Å². The normalized spacial score (nSPS) is 11.1. The minimum absolute atomic E-state index is 0.504. The van der Waals surface area contributed by atoms with Crippen LogP contribution in [0.25, 0.3) is 0 Å². The lowest BCUT2D eigenvalue weighted by molar-refractivity contribution is 0.103. The molecule has 4 heteroatoms. The van der Waals surface area contributed by atoms with E-state index < -0.39 is 0 Å². The number of nitrogens with zero attached hydrogens (tertiary/aromatic N) is 2. The Morgan fingerprint density at radius 1 is 1.57 bits per heavy atom. The summed E-state index contributed by atoms with van der Waals surface area (Å²) in [5, 5.41) is 0. The number of alkyl halides is 1. The van der Waals surface area contributed by atoms with Gasteiger partial charge < -0.3 is 9.30 Å². The molecule has 1 heterocycles. The molecule has 0 aliphatic carbocycles. The summed E-state index contributed by atoms with van der Waals surface area (Å²) >= 11 is 5.74. The monoisotopic (exact) mass is 216 g/mol. The summed E-state index contributed by atoms with van der Waals surface area (Å²) in [6.45, 7) is 6.64. The SMILES string of the molecule is CC(C)COCCn1cncc1CCl. The zero-order valence-corrected chi connectivity index (χ0v) is 9.50. The van der Waals surface area contributed by atoms with Crippen molar-refractivity contribution in [2.75, 3.05) is 13.2 Å². The Bertz CT molecular complexity index is 260. The molecule has 1 aromatic heterocycles. The Morgan fingerprint density at radius 2 is 2.36 bits per heavy atom. The fourth-order valence-corrected chi connectivity index (χ4v) is 1.37. The maximum Gasteiger partial charge on any atom is 0.0949 e. The van der Waals surface area contributed by atoms with Crippen LogP contribution in [0.4, 0.5) is 0 Å². The number of halogens is 1. The van der Waals surface area contributed by atoms with Crippen LogP contribution in [-0.4, -0.2) is 22.8 Å². The predicted molar refractivity (Wildman–Crippen MR) is 57.4 cm³/mol. The molecular formula is C10H17ClN2O. The third kappa shape index (κ3) is 3.68. The Kier molecular flexibility index (Phi) is 4.98. The maximum absolute atomic E-state index is 5.74. The minimum atomic E-state index is 0.504. The number of imidazole rings is 1. The van der Waals surface area contributed by atoms with Crippen molar-refractivity contribution >= 4 is 11.6 Å². The van der Waals surface area contributed by atoms with E-state index in [0.29, 0.717) is 11.8 Å². The molecule has 0 atom stereocenters. The van der Waals surface area contributed by atoms with Gasteiger partial charge in [-0.2, -0.15) is 0 Å². The first kappa shape index (κ1) is 11.5. The van der Waals surface area contributed by atoms with Crippen LogP contribution in [0.15, 0.2) is 12.5 Å². The van der Waals surface area contributed by atoms with Gasteiger partial charge in [-0.05, 0) is 5.92 Å². The smallest absolute Gasteiger partial charge is 0.0949 e. The van der Waals surface area contributed by atoms with Crippen LogP contribution in [-0.2, 0) is 17.2 Å². The van der Waals surface area contributed by atoms with Crippen molar-refractivity contribution in [3.8, 4) is 0 Å². The predicted octanol–water partition coefficient (Wildman–Crippen LogP) is 2.29. The van der Waals surface area contributed by atoms with Crippen molar-refractivity contribution in [2.24, 2.45) is 5.92 Å². The van der Waals surface area contributed by atoms with Gasteiger partial charge in [0.25, 0.3) is 0 Å². The molecule has 0 aliphatic rings. The van der Waals surface area contributed by atoms with Gasteiger partial charge >= 0.3 is 0 Å². The van der Waals surface area contributed by atoms with Gasteiger partial charge in [0.2, 0.25) is 0 Å². The van der Waals surface area contributed by atoms with E-state index in [4.69, 9.17) is 16.3 Å². The van der Waals surface area contributed by atoms with Crippen molar-refractivity contribution in [1.82, 2.24) is 9.55 Å². The molecule has 0 amide bonds. The molecule has 0 spiro atoms. The van der Waals surface area contributed by atoms with E-state index in [2.05, 4.69) is 18.8 Å². The Morgan fingerprint density at radius 3 is 3.00 bits per heavy atom. The van der Waals surface area contributed by atoms with Crippen molar-refractivity contribution < 1.29 is 4.74 Å². The third-order valence-corrected chi connectivity index (χ3v) is 2.14. The fraction of sp³-hybridized carbons (Fsp3) is 0.700. The molecule has 0 bridgehead atoms. The Balaban J connectivity index is 2.24. The number of rotatable bonds is 6. The molecule has 0 N–H and O–H groups in total. The average Bonchev–Trinajstić information content (AvgIpc) is 2.59. The standard InChI is InChI=1S/C10H17ClN2O/c1-9(2)7-14-4-3-13-8-12-6-10(13)5-11/h6,8-9H,3-5,7H2,1-2H3. The van der Waals surface area contributed by atoms with Crippen LogP contribution in [0.5, 0.6) is 0 Å². The summed E-state index contributed by atoms with van der Waals surface area (Å²) in [5.74, 6) is 1.09. The first-order chi connectivity index (χ1) is 6.74. The first-order valence-corrected chi connectivity index (χ1v) is 5.40. The highest BCUT2D eigenvalue weighted by molar-refractivity contribution is 6.16. The molecule has 0 aliphatic heterocycles. The highest BCUT2D eigenvalue weighted by Gasteiger charge is 2.00. The van der Waals surface area contributed by atoms with Gasteiger partial charge in [0, 0.05) is 19.3 Å². The topological polar surface area (TPSA) is 27.1 Å². The summed E-state index contributed by atoms with van der Waals surface area (Å²) in [7, 11) is 0. The lowest BCUT2D eigenvalue weighted by atomic mass is 10.2. The van der Waals surface area contributed by atoms with Crippen molar-refractivity contribution in [1.29, 1.82) is 0 Å². The molecular weight excluding hydrogens is 200 g/mol. The summed E-state index contributed by atoms with van der Waals surface area (Å²) in [5.41, 5.74) is 1.04. The summed E-state index contributed by atoms with van der Waals surface area (Å²) in [4.78, 5) is 4.03. The molecule has 0 saturated carbocycles. The van der Waals surface area contributed by atoms with Gasteiger partial charge in [-0.25, -0.2) is 4.98 Å². The van der Waals surface area contributed by atoms with Gasteiger partial charge in [-0.3, -0.25) is 0 Å². The second kappa shape index (κ2) is 6.04. The summed E-state index contributed by atoms with van der Waals surface area (Å²) in [6.07, 6.45) is 3.58. The number of aromatic nitrogens is 2. The van der Waals surface area contributed by atoms with Gasteiger partial charge in [0.05, 0.1) is 24.5 Å². The Labute approximate surface area is 90.0 Å². The van der Waals surface area contributed by atoms with Gasteiger partial charge in [-0.1, -0.05) is 13.8 Å².